The van der Waals surface area contributed by atoms with Crippen LogP contribution in [0.5, 0.6) is 0 Å². The number of piperazine rings is 1. The second-order valence-electron chi connectivity index (χ2n) is 7.39. The summed E-state index contributed by atoms with van der Waals surface area (Å²) in [6, 6.07) is 1.42. The SMILES string of the molecule is CCCC(C)CN1CC(CC(C)C)NCC1C(C)C. The predicted octanol–water partition coefficient (Wildman–Crippen LogP) is 3.77. The van der Waals surface area contributed by atoms with Gasteiger partial charge in [-0.05, 0) is 30.6 Å². The molecule has 0 aromatic rings. The van der Waals surface area contributed by atoms with Crippen LogP contribution in [-0.4, -0.2) is 36.6 Å². The first kappa shape index (κ1) is 17.0. The summed E-state index contributed by atoms with van der Waals surface area (Å²) in [5, 5.41) is 3.78. The Morgan fingerprint density at radius 2 is 1.84 bits per heavy atom. The third-order valence-corrected chi connectivity index (χ3v) is 4.39. The average Bonchev–Trinajstić information content (AvgIpc) is 2.28. The molecule has 1 N–H and O–H groups in total. The van der Waals surface area contributed by atoms with Gasteiger partial charge in [0.1, 0.15) is 0 Å². The predicted molar refractivity (Wildman–Crippen MR) is 85.5 cm³/mol. The molecular formula is C17H36N2. The Morgan fingerprint density at radius 3 is 2.37 bits per heavy atom. The van der Waals surface area contributed by atoms with E-state index in [4.69, 9.17) is 0 Å². The fraction of sp³-hybridized carbons (Fsp3) is 1.00. The molecule has 0 aromatic carbocycles. The van der Waals surface area contributed by atoms with Gasteiger partial charge in [-0.1, -0.05) is 48.0 Å². The molecule has 0 aromatic heterocycles. The standard InChI is InChI=1S/C17H36N2/c1-7-8-15(6)11-19-12-16(9-13(2)3)18-10-17(19)14(4)5/h13-18H,7-12H2,1-6H3. The van der Waals surface area contributed by atoms with Gasteiger partial charge in [0, 0.05) is 31.7 Å². The molecule has 0 saturated carbocycles. The van der Waals surface area contributed by atoms with Crippen LogP contribution in [0, 0.1) is 17.8 Å². The molecule has 0 radical (unpaired) electrons. The van der Waals surface area contributed by atoms with Crippen LogP contribution in [0.15, 0.2) is 0 Å². The van der Waals surface area contributed by atoms with Gasteiger partial charge in [-0.25, -0.2) is 0 Å². The Bertz CT molecular complexity index is 237. The van der Waals surface area contributed by atoms with E-state index in [1.54, 1.807) is 0 Å². The van der Waals surface area contributed by atoms with Crippen molar-refractivity contribution in [2.75, 3.05) is 19.6 Å². The van der Waals surface area contributed by atoms with E-state index in [2.05, 4.69) is 51.8 Å². The molecule has 1 aliphatic rings. The maximum Gasteiger partial charge on any atom is 0.0244 e. The van der Waals surface area contributed by atoms with Gasteiger partial charge >= 0.3 is 0 Å². The maximum absolute atomic E-state index is 3.78. The molecule has 0 amide bonds. The molecule has 0 spiro atoms. The minimum atomic E-state index is 0.698. The lowest BCUT2D eigenvalue weighted by Gasteiger charge is -2.44. The minimum absolute atomic E-state index is 0.698. The van der Waals surface area contributed by atoms with Crippen molar-refractivity contribution >= 4 is 0 Å². The van der Waals surface area contributed by atoms with E-state index in [1.807, 2.05) is 0 Å². The highest BCUT2D eigenvalue weighted by Gasteiger charge is 2.30. The van der Waals surface area contributed by atoms with Crippen molar-refractivity contribution in [2.45, 2.75) is 72.9 Å². The Labute approximate surface area is 121 Å². The molecule has 0 aliphatic carbocycles. The van der Waals surface area contributed by atoms with Crippen LogP contribution in [0.2, 0.25) is 0 Å². The second kappa shape index (κ2) is 8.26. The second-order valence-corrected chi connectivity index (χ2v) is 7.39. The van der Waals surface area contributed by atoms with Gasteiger partial charge in [0.15, 0.2) is 0 Å². The van der Waals surface area contributed by atoms with Crippen molar-refractivity contribution in [1.29, 1.82) is 0 Å². The molecule has 3 unspecified atom stereocenters. The molecule has 1 saturated heterocycles. The first-order valence-electron chi connectivity index (χ1n) is 8.41. The van der Waals surface area contributed by atoms with Crippen LogP contribution >= 0.6 is 0 Å². The summed E-state index contributed by atoms with van der Waals surface area (Å²) in [6.45, 7) is 17.8. The zero-order chi connectivity index (χ0) is 14.4. The highest BCUT2D eigenvalue weighted by molar-refractivity contribution is 4.88. The summed E-state index contributed by atoms with van der Waals surface area (Å²) in [4.78, 5) is 2.77. The summed E-state index contributed by atoms with van der Waals surface area (Å²) in [5.41, 5.74) is 0. The largest absolute Gasteiger partial charge is 0.311 e. The van der Waals surface area contributed by atoms with Crippen molar-refractivity contribution in [3.05, 3.63) is 0 Å². The lowest BCUT2D eigenvalue weighted by Crippen LogP contribution is -2.59. The first-order chi connectivity index (χ1) is 8.93. The van der Waals surface area contributed by atoms with Gasteiger partial charge in [0.05, 0.1) is 0 Å². The highest BCUT2D eigenvalue weighted by Crippen LogP contribution is 2.20. The van der Waals surface area contributed by atoms with Crippen LogP contribution in [0.1, 0.15) is 60.8 Å². The lowest BCUT2D eigenvalue weighted by atomic mass is 9.93. The van der Waals surface area contributed by atoms with Crippen molar-refractivity contribution in [1.82, 2.24) is 10.2 Å². The van der Waals surface area contributed by atoms with Gasteiger partial charge in [-0.3, -0.25) is 4.90 Å². The Kier molecular flexibility index (Phi) is 7.38. The van der Waals surface area contributed by atoms with Gasteiger partial charge < -0.3 is 5.32 Å². The molecule has 3 atom stereocenters. The fourth-order valence-corrected chi connectivity index (χ4v) is 3.48. The summed E-state index contributed by atoms with van der Waals surface area (Å²) >= 11 is 0. The minimum Gasteiger partial charge on any atom is -0.311 e. The van der Waals surface area contributed by atoms with Crippen LogP contribution in [-0.2, 0) is 0 Å². The van der Waals surface area contributed by atoms with Crippen molar-refractivity contribution in [2.24, 2.45) is 17.8 Å². The molecular weight excluding hydrogens is 232 g/mol. The maximum atomic E-state index is 3.78. The molecule has 1 aliphatic heterocycles. The van der Waals surface area contributed by atoms with Crippen LogP contribution in [0.4, 0.5) is 0 Å². The van der Waals surface area contributed by atoms with Gasteiger partial charge in [0.25, 0.3) is 0 Å². The molecule has 2 heteroatoms. The zero-order valence-corrected chi connectivity index (χ0v) is 14.1. The van der Waals surface area contributed by atoms with Crippen LogP contribution in [0.3, 0.4) is 0 Å². The third-order valence-electron chi connectivity index (χ3n) is 4.39. The number of nitrogens with zero attached hydrogens (tertiary/aromatic N) is 1. The summed E-state index contributed by atoms with van der Waals surface area (Å²) in [5.74, 6) is 2.38. The van der Waals surface area contributed by atoms with Gasteiger partial charge in [0.2, 0.25) is 0 Å². The number of hydrogen-bond donors (Lipinski definition) is 1. The summed E-state index contributed by atoms with van der Waals surface area (Å²) in [7, 11) is 0. The van der Waals surface area contributed by atoms with Crippen LogP contribution < -0.4 is 5.32 Å². The van der Waals surface area contributed by atoms with Crippen molar-refractivity contribution in [3.63, 3.8) is 0 Å². The van der Waals surface area contributed by atoms with E-state index in [0.29, 0.717) is 6.04 Å². The molecule has 19 heavy (non-hydrogen) atoms. The van der Waals surface area contributed by atoms with Gasteiger partial charge in [-0.2, -0.15) is 0 Å². The molecule has 0 bridgehead atoms. The Morgan fingerprint density at radius 1 is 1.16 bits per heavy atom. The molecule has 1 rings (SSSR count). The quantitative estimate of drug-likeness (QED) is 0.756. The third kappa shape index (κ3) is 5.83. The smallest absolute Gasteiger partial charge is 0.0244 e. The summed E-state index contributed by atoms with van der Waals surface area (Å²) < 4.78 is 0. The van der Waals surface area contributed by atoms with Crippen molar-refractivity contribution in [3.8, 4) is 0 Å². The fourth-order valence-electron chi connectivity index (χ4n) is 3.48. The Balaban J connectivity index is 2.57. The number of rotatable bonds is 7. The first-order valence-corrected chi connectivity index (χ1v) is 8.41. The lowest BCUT2D eigenvalue weighted by molar-refractivity contribution is 0.0771. The highest BCUT2D eigenvalue weighted by atomic mass is 15.2. The summed E-state index contributed by atoms with van der Waals surface area (Å²) in [6.07, 6.45) is 3.99. The molecule has 1 heterocycles. The monoisotopic (exact) mass is 268 g/mol. The van der Waals surface area contributed by atoms with E-state index >= 15 is 0 Å². The normalized spacial score (nSPS) is 27.2. The number of hydrogen-bond acceptors (Lipinski definition) is 2. The molecule has 2 nitrogen and oxygen atoms in total. The van der Waals surface area contributed by atoms with E-state index < -0.39 is 0 Å². The van der Waals surface area contributed by atoms with Crippen LogP contribution in [0.25, 0.3) is 0 Å². The van der Waals surface area contributed by atoms with E-state index in [-0.39, 0.29) is 0 Å². The van der Waals surface area contributed by atoms with E-state index in [1.165, 1.54) is 38.9 Å². The number of nitrogens with one attached hydrogen (secondary N) is 1. The molecule has 114 valence electrons. The Hall–Kier alpha value is -0.0800. The van der Waals surface area contributed by atoms with Crippen molar-refractivity contribution < 1.29 is 0 Å². The average molecular weight is 268 g/mol. The van der Waals surface area contributed by atoms with Gasteiger partial charge in [-0.15, -0.1) is 0 Å². The topological polar surface area (TPSA) is 15.3 Å². The van der Waals surface area contributed by atoms with E-state index in [9.17, 15) is 0 Å². The van der Waals surface area contributed by atoms with E-state index in [0.717, 1.165) is 23.8 Å². The molecule has 1 fully saturated rings. The zero-order valence-electron chi connectivity index (χ0n) is 14.1.